The number of sulfonamides is 1. The first-order valence-electron chi connectivity index (χ1n) is 8.82. The van der Waals surface area contributed by atoms with Crippen LogP contribution >= 0.6 is 34.8 Å². The number of rotatable bonds is 5. The SMILES string of the molecule is COc1ccc(Cl)cc1S(=O)(=O)N1CCC[C@@H](C(=O)Nc2ccc(Cl)cc2Cl)C1. The maximum absolute atomic E-state index is 13.2. The molecule has 10 heteroatoms. The van der Waals surface area contributed by atoms with Crippen LogP contribution in [0.3, 0.4) is 0 Å². The Hall–Kier alpha value is -1.51. The van der Waals surface area contributed by atoms with E-state index in [-0.39, 0.29) is 28.1 Å². The number of carbonyl (C=O) groups excluding carboxylic acids is 1. The summed E-state index contributed by atoms with van der Waals surface area (Å²) in [6, 6.07) is 9.17. The Kier molecular flexibility index (Phi) is 6.96. The van der Waals surface area contributed by atoms with Crippen LogP contribution in [-0.2, 0) is 14.8 Å². The predicted octanol–water partition coefficient (Wildman–Crippen LogP) is 4.69. The van der Waals surface area contributed by atoms with Gasteiger partial charge in [0.2, 0.25) is 15.9 Å². The smallest absolute Gasteiger partial charge is 0.246 e. The van der Waals surface area contributed by atoms with E-state index in [0.29, 0.717) is 35.1 Å². The number of carbonyl (C=O) groups is 1. The van der Waals surface area contributed by atoms with E-state index in [0.717, 1.165) is 0 Å². The normalized spacial score (nSPS) is 17.7. The number of benzene rings is 2. The van der Waals surface area contributed by atoms with E-state index in [4.69, 9.17) is 39.5 Å². The quantitative estimate of drug-likeness (QED) is 0.677. The van der Waals surface area contributed by atoms with Gasteiger partial charge in [0.25, 0.3) is 0 Å². The molecule has 2 aromatic rings. The highest BCUT2D eigenvalue weighted by Gasteiger charge is 2.35. The van der Waals surface area contributed by atoms with Crippen LogP contribution in [-0.4, -0.2) is 38.8 Å². The molecule has 1 heterocycles. The van der Waals surface area contributed by atoms with Crippen molar-refractivity contribution in [1.82, 2.24) is 4.31 Å². The number of nitrogens with zero attached hydrogens (tertiary/aromatic N) is 1. The van der Waals surface area contributed by atoms with Crippen LogP contribution < -0.4 is 10.1 Å². The number of piperidine rings is 1. The molecule has 0 aliphatic carbocycles. The number of amides is 1. The van der Waals surface area contributed by atoms with Gasteiger partial charge in [-0.3, -0.25) is 4.79 Å². The minimum absolute atomic E-state index is 0.0192. The Morgan fingerprint density at radius 2 is 1.83 bits per heavy atom. The Labute approximate surface area is 184 Å². The first-order chi connectivity index (χ1) is 13.7. The number of hydrogen-bond donors (Lipinski definition) is 1. The van der Waals surface area contributed by atoms with Crippen molar-refractivity contribution >= 4 is 56.4 Å². The van der Waals surface area contributed by atoms with Crippen molar-refractivity contribution in [3.05, 3.63) is 51.5 Å². The maximum Gasteiger partial charge on any atom is 0.246 e. The second-order valence-corrected chi connectivity index (χ2v) is 9.80. The molecule has 1 amide bonds. The van der Waals surface area contributed by atoms with Crippen LogP contribution in [0.1, 0.15) is 12.8 Å². The van der Waals surface area contributed by atoms with Gasteiger partial charge in [0, 0.05) is 23.1 Å². The van der Waals surface area contributed by atoms with Crippen LogP contribution in [0.4, 0.5) is 5.69 Å². The number of hydrogen-bond acceptors (Lipinski definition) is 4. The fraction of sp³-hybridized carbons (Fsp3) is 0.316. The van der Waals surface area contributed by atoms with Gasteiger partial charge in [-0.1, -0.05) is 34.8 Å². The number of anilines is 1. The average Bonchev–Trinajstić information content (AvgIpc) is 2.70. The number of methoxy groups -OCH3 is 1. The molecule has 0 spiro atoms. The molecule has 1 aliphatic rings. The molecule has 0 aromatic heterocycles. The van der Waals surface area contributed by atoms with E-state index in [2.05, 4.69) is 5.32 Å². The van der Waals surface area contributed by atoms with E-state index in [1.165, 1.54) is 29.6 Å². The second-order valence-electron chi connectivity index (χ2n) is 6.61. The van der Waals surface area contributed by atoms with Crippen molar-refractivity contribution in [3.63, 3.8) is 0 Å². The van der Waals surface area contributed by atoms with Gasteiger partial charge in [-0.15, -0.1) is 0 Å². The summed E-state index contributed by atoms with van der Waals surface area (Å²) in [5, 5.41) is 3.81. The van der Waals surface area contributed by atoms with Crippen LogP contribution in [0.15, 0.2) is 41.3 Å². The van der Waals surface area contributed by atoms with Gasteiger partial charge in [0.15, 0.2) is 0 Å². The molecule has 2 aromatic carbocycles. The zero-order valence-corrected chi connectivity index (χ0v) is 18.6. The van der Waals surface area contributed by atoms with Gasteiger partial charge in [-0.25, -0.2) is 8.42 Å². The third-order valence-corrected chi connectivity index (χ3v) is 7.36. The molecular formula is C19H19Cl3N2O4S. The third-order valence-electron chi connectivity index (χ3n) is 4.69. The summed E-state index contributed by atoms with van der Waals surface area (Å²) < 4.78 is 32.8. The minimum Gasteiger partial charge on any atom is -0.495 e. The first-order valence-corrected chi connectivity index (χ1v) is 11.4. The zero-order valence-electron chi connectivity index (χ0n) is 15.5. The molecule has 0 bridgehead atoms. The molecule has 29 heavy (non-hydrogen) atoms. The molecule has 0 radical (unpaired) electrons. The summed E-state index contributed by atoms with van der Waals surface area (Å²) in [5.74, 6) is -0.614. The van der Waals surface area contributed by atoms with Crippen LogP contribution in [0, 0.1) is 5.92 Å². The molecule has 1 saturated heterocycles. The van der Waals surface area contributed by atoms with Crippen LogP contribution in [0.5, 0.6) is 5.75 Å². The van der Waals surface area contributed by atoms with Crippen molar-refractivity contribution in [2.45, 2.75) is 17.7 Å². The molecule has 1 aliphatic heterocycles. The van der Waals surface area contributed by atoms with Crippen molar-refractivity contribution < 1.29 is 17.9 Å². The molecular weight excluding hydrogens is 459 g/mol. The topological polar surface area (TPSA) is 75.7 Å². The fourth-order valence-electron chi connectivity index (χ4n) is 3.19. The molecule has 1 N–H and O–H groups in total. The standard InChI is InChI=1S/C19H19Cl3N2O4S/c1-28-17-7-5-14(21)10-18(17)29(26,27)24-8-2-3-12(11-24)19(25)23-16-6-4-13(20)9-15(16)22/h4-7,9-10,12H,2-3,8,11H2,1H3,(H,23,25)/t12-/m1/s1. The van der Waals surface area contributed by atoms with Crippen molar-refractivity contribution in [2.24, 2.45) is 5.92 Å². The highest BCUT2D eigenvalue weighted by atomic mass is 35.5. The summed E-state index contributed by atoms with van der Waals surface area (Å²) >= 11 is 18.0. The van der Waals surface area contributed by atoms with E-state index in [9.17, 15) is 13.2 Å². The zero-order chi connectivity index (χ0) is 21.2. The summed E-state index contributed by atoms with van der Waals surface area (Å²) in [4.78, 5) is 12.7. The van der Waals surface area contributed by atoms with Gasteiger partial charge >= 0.3 is 0 Å². The van der Waals surface area contributed by atoms with Crippen molar-refractivity contribution in [1.29, 1.82) is 0 Å². The maximum atomic E-state index is 13.2. The fourth-order valence-corrected chi connectivity index (χ4v) is 5.59. The average molecular weight is 478 g/mol. The molecule has 6 nitrogen and oxygen atoms in total. The Morgan fingerprint density at radius 3 is 2.52 bits per heavy atom. The Bertz CT molecular complexity index is 1030. The van der Waals surface area contributed by atoms with E-state index < -0.39 is 15.9 Å². The highest BCUT2D eigenvalue weighted by molar-refractivity contribution is 7.89. The first kappa shape index (κ1) is 22.2. The van der Waals surface area contributed by atoms with Crippen LogP contribution in [0.25, 0.3) is 0 Å². The van der Waals surface area contributed by atoms with E-state index in [1.54, 1.807) is 18.2 Å². The molecule has 3 rings (SSSR count). The summed E-state index contributed by atoms with van der Waals surface area (Å²) in [6.07, 6.45) is 1.12. The van der Waals surface area contributed by atoms with E-state index >= 15 is 0 Å². The lowest BCUT2D eigenvalue weighted by atomic mass is 9.99. The highest BCUT2D eigenvalue weighted by Crippen LogP contribution is 2.32. The number of nitrogens with one attached hydrogen (secondary N) is 1. The van der Waals surface area contributed by atoms with Gasteiger partial charge in [0.1, 0.15) is 10.6 Å². The predicted molar refractivity (Wildman–Crippen MR) is 115 cm³/mol. The third kappa shape index (κ3) is 4.98. The lowest BCUT2D eigenvalue weighted by Crippen LogP contribution is -2.43. The molecule has 0 unspecified atom stereocenters. The lowest BCUT2D eigenvalue weighted by Gasteiger charge is -2.31. The van der Waals surface area contributed by atoms with Gasteiger partial charge in [-0.05, 0) is 49.2 Å². The molecule has 0 saturated carbocycles. The molecule has 1 atom stereocenters. The summed E-state index contributed by atoms with van der Waals surface area (Å²) in [6.45, 7) is 0.360. The molecule has 1 fully saturated rings. The van der Waals surface area contributed by atoms with Gasteiger partial charge in [-0.2, -0.15) is 4.31 Å². The number of halogens is 3. The Balaban J connectivity index is 1.79. The van der Waals surface area contributed by atoms with Crippen molar-refractivity contribution in [3.8, 4) is 5.75 Å². The van der Waals surface area contributed by atoms with Gasteiger partial charge < -0.3 is 10.1 Å². The minimum atomic E-state index is -3.88. The number of ether oxygens (including phenoxy) is 1. The largest absolute Gasteiger partial charge is 0.495 e. The molecule has 156 valence electrons. The van der Waals surface area contributed by atoms with Gasteiger partial charge in [0.05, 0.1) is 23.7 Å². The lowest BCUT2D eigenvalue weighted by molar-refractivity contribution is -0.120. The Morgan fingerprint density at radius 1 is 1.14 bits per heavy atom. The van der Waals surface area contributed by atoms with Crippen molar-refractivity contribution in [2.75, 3.05) is 25.5 Å². The van der Waals surface area contributed by atoms with E-state index in [1.807, 2.05) is 0 Å². The van der Waals surface area contributed by atoms with Crippen LogP contribution in [0.2, 0.25) is 15.1 Å². The second kappa shape index (κ2) is 9.10. The monoisotopic (exact) mass is 476 g/mol. The summed E-state index contributed by atoms with van der Waals surface area (Å²) in [5.41, 5.74) is 0.428. The summed E-state index contributed by atoms with van der Waals surface area (Å²) in [7, 11) is -2.49.